The highest BCUT2D eigenvalue weighted by molar-refractivity contribution is 7.03. The molecule has 0 aliphatic carbocycles. The van der Waals surface area contributed by atoms with Gasteiger partial charge in [0.1, 0.15) is 45.6 Å². The molecule has 0 N–H and O–H groups in total. The van der Waals surface area contributed by atoms with Gasteiger partial charge in [-0.05, 0) is 247 Å². The quantitative estimate of drug-likeness (QED) is 0.0584. The van der Waals surface area contributed by atoms with E-state index in [-0.39, 0.29) is 158 Å². The van der Waals surface area contributed by atoms with Crippen LogP contribution in [0, 0.1) is 0 Å². The van der Waals surface area contributed by atoms with Crippen LogP contribution in [0.1, 0.15) is 87.5 Å². The van der Waals surface area contributed by atoms with E-state index in [1.54, 1.807) is 0 Å². The zero-order valence-corrected chi connectivity index (χ0v) is 66.5. The molecule has 4 aliphatic heterocycles. The average molecular weight is 1960 g/mol. The van der Waals surface area contributed by atoms with Crippen LogP contribution in [0.5, 0.6) is 34.5 Å². The lowest BCUT2D eigenvalue weighted by molar-refractivity contribution is -0.144. The Bertz CT molecular complexity index is 6420. The van der Waals surface area contributed by atoms with Crippen molar-refractivity contribution in [3.63, 3.8) is 0 Å². The van der Waals surface area contributed by atoms with Crippen LogP contribution in [0.3, 0.4) is 0 Å². The summed E-state index contributed by atoms with van der Waals surface area (Å²) in [4.78, 5) is 33.3. The third-order valence-corrected chi connectivity index (χ3v) is 22.7. The largest absolute Gasteiger partial charge is 0.457 e. The molecule has 0 fully saturated rings. The van der Waals surface area contributed by atoms with Crippen molar-refractivity contribution in [3.05, 3.63) is 302 Å². The van der Waals surface area contributed by atoms with Gasteiger partial charge in [-0.2, -0.15) is 158 Å². The molecule has 4 heterocycles. The number of nitrogens with zero attached hydrogens (tertiary/aromatic N) is 1. The van der Waals surface area contributed by atoms with E-state index >= 15 is 115 Å². The van der Waals surface area contributed by atoms with Crippen molar-refractivity contribution < 1.29 is 187 Å². The normalized spacial score (nSPS) is 14.0. The molecule has 0 bridgehead atoms. The third-order valence-electron chi connectivity index (χ3n) is 22.7. The predicted molar refractivity (Wildman–Crippen MR) is 419 cm³/mol. The van der Waals surface area contributed by atoms with Gasteiger partial charge in [0.05, 0.1) is 66.8 Å². The number of para-hydroxylation sites is 3. The van der Waals surface area contributed by atoms with E-state index < -0.39 is 304 Å². The minimum absolute atomic E-state index is 0.117. The number of hydrogen-bond donors (Lipinski definition) is 0. The standard InChI is InChI=1S/C92H37B2F36NO6/c95-81(96,97)46-16-38(17-47(32-46)82(98,99)100)40-28-60(42-20-50(85(107,108)109)34-51(21-42)86(110,111)112)75(61(29-40)43-22-52(87(113,114)115)35-53(23-43)88(116,117)118)136-79(132)58-12-14-68-72-77(58)134-70-10-3-1-6-64(70)93(72)66-8-5-9-67-74(66)131(68)69-15-13-59(78-73(69)94(67)65-7-2-4-11-71(65)135-78)80(133)137-76-62(44-24-54(89(119,120)121)36-55(25-44)90(122,123)124)30-41(39-18-48(83(101,102)103)33-49(19-39)84(104,105)106)31-63(76)45-26-56(91(125,126)127)37-57(27-45)92(128,129)130/h1-37H. The van der Waals surface area contributed by atoms with Crippen LogP contribution in [0.15, 0.2) is 224 Å². The summed E-state index contributed by atoms with van der Waals surface area (Å²) in [6, 6.07) is 14.6. The summed E-state index contributed by atoms with van der Waals surface area (Å²) in [5.74, 6) is -9.37. The van der Waals surface area contributed by atoms with Crippen molar-refractivity contribution in [1.29, 1.82) is 0 Å². The number of anilines is 3. The van der Waals surface area contributed by atoms with Crippen molar-refractivity contribution in [2.45, 2.75) is 74.1 Å². The number of halogens is 36. The molecule has 137 heavy (non-hydrogen) atoms. The van der Waals surface area contributed by atoms with E-state index in [1.165, 1.54) is 71.6 Å². The van der Waals surface area contributed by atoms with Gasteiger partial charge in [0.15, 0.2) is 0 Å². The van der Waals surface area contributed by atoms with Gasteiger partial charge >= 0.3 is 86.1 Å². The molecular formula is C92H37B2F36NO6. The van der Waals surface area contributed by atoms with Crippen LogP contribution in [-0.2, 0) is 74.1 Å². The fourth-order valence-electron chi connectivity index (χ4n) is 16.8. The molecule has 0 amide bonds. The Kier molecular flexibility index (Phi) is 21.9. The number of esters is 2. The predicted octanol–water partition coefficient (Wildman–Crippen LogP) is 27.7. The first-order valence-corrected chi connectivity index (χ1v) is 38.7. The summed E-state index contributed by atoms with van der Waals surface area (Å²) in [6.45, 7) is -2.71. The third kappa shape index (κ3) is 17.5. The first-order valence-electron chi connectivity index (χ1n) is 38.7. The lowest BCUT2D eigenvalue weighted by Crippen LogP contribution is -2.66. The minimum atomic E-state index is -5.91. The molecule has 4 aliphatic rings. The van der Waals surface area contributed by atoms with Gasteiger partial charge in [0, 0.05) is 39.3 Å². The van der Waals surface area contributed by atoms with Crippen molar-refractivity contribution in [3.8, 4) is 101 Å². The number of carbonyl (C=O) groups excluding carboxylic acids is 2. The zero-order chi connectivity index (χ0) is 99.5. The lowest BCUT2D eigenvalue weighted by Gasteiger charge is -2.46. The monoisotopic (exact) mass is 1960 g/mol. The van der Waals surface area contributed by atoms with Crippen LogP contribution < -0.4 is 56.6 Å². The Hall–Kier alpha value is -14.2. The molecule has 0 saturated carbocycles. The van der Waals surface area contributed by atoms with E-state index in [9.17, 15) is 52.7 Å². The van der Waals surface area contributed by atoms with Crippen LogP contribution in [0.25, 0.3) is 66.8 Å². The Morgan fingerprint density at radius 3 is 0.664 bits per heavy atom. The van der Waals surface area contributed by atoms with E-state index in [2.05, 4.69) is 0 Å². The molecule has 7 nitrogen and oxygen atoms in total. The Labute approximate surface area is 741 Å². The highest BCUT2D eigenvalue weighted by Crippen LogP contribution is 2.56. The van der Waals surface area contributed by atoms with Gasteiger partial charge in [-0.15, -0.1) is 0 Å². The maximum Gasteiger partial charge on any atom is 0.416 e. The Balaban J connectivity index is 0.901. The fraction of sp³-hybridized carbons (Fsp3) is 0.130. The van der Waals surface area contributed by atoms with Gasteiger partial charge in [0.2, 0.25) is 0 Å². The molecule has 17 rings (SSSR count). The summed E-state index contributed by atoms with van der Waals surface area (Å²) in [5, 5.41) is 0. The maximum absolute atomic E-state index is 16.0. The molecule has 45 heteroatoms. The number of hydrogen-bond acceptors (Lipinski definition) is 7. The maximum atomic E-state index is 16.0. The zero-order valence-electron chi connectivity index (χ0n) is 66.5. The first kappa shape index (κ1) is 94.6. The van der Waals surface area contributed by atoms with Gasteiger partial charge in [-0.1, -0.05) is 54.6 Å². The number of benzene rings is 13. The number of fused-ring (bicyclic) bond motifs is 8. The number of rotatable bonds is 10. The second kappa shape index (κ2) is 31.7. The SMILES string of the molecule is O=C(Oc1c(-c2cc(C(F)(F)F)cc(C(F)(F)F)c2)cc(-c2cc(C(F)(F)F)cc(C(F)(F)F)c2)cc1-c1cc(C(F)(F)F)cc(C(F)(F)F)c1)c1ccc2c3c1Oc1ccccc1B3c1cccc3c1N2c1ccc(C(=O)Oc2c(-c4cc(C(F)(F)F)cc(C(F)(F)F)c4)cc(-c4cc(C(F)(F)F)cc(C(F)(F)F)c4)cc2-c2cc(C(F)(F)F)cc(C(F)(F)F)c2)c2c1B3c1ccccc1O2. The molecule has 0 atom stereocenters. The van der Waals surface area contributed by atoms with Crippen molar-refractivity contribution >= 4 is 75.2 Å². The van der Waals surface area contributed by atoms with E-state index in [0.717, 1.165) is 24.3 Å². The van der Waals surface area contributed by atoms with Gasteiger partial charge in [-0.25, -0.2) is 9.59 Å². The Morgan fingerprint density at radius 1 is 0.234 bits per heavy atom. The molecule has 0 spiro atoms. The summed E-state index contributed by atoms with van der Waals surface area (Å²) < 4.78 is 563. The molecule has 0 radical (unpaired) electrons. The molecule has 704 valence electrons. The molecular weight excluding hydrogens is 1920 g/mol. The lowest BCUT2D eigenvalue weighted by atomic mass is 9.29. The Morgan fingerprint density at radius 2 is 0.438 bits per heavy atom. The number of ether oxygens (including phenoxy) is 4. The fourth-order valence-corrected chi connectivity index (χ4v) is 16.8. The van der Waals surface area contributed by atoms with Gasteiger partial charge in [-0.3, -0.25) is 0 Å². The van der Waals surface area contributed by atoms with Gasteiger partial charge < -0.3 is 23.8 Å². The number of carbonyl (C=O) groups is 2. The second-order valence-electron chi connectivity index (χ2n) is 31.4. The van der Waals surface area contributed by atoms with E-state index in [0.29, 0.717) is 0 Å². The summed E-state index contributed by atoms with van der Waals surface area (Å²) in [6.07, 6.45) is -70.6. The highest BCUT2D eigenvalue weighted by atomic mass is 19.5. The van der Waals surface area contributed by atoms with E-state index in [1.807, 2.05) is 0 Å². The van der Waals surface area contributed by atoms with E-state index in [4.69, 9.17) is 18.9 Å². The van der Waals surface area contributed by atoms with Gasteiger partial charge in [0.25, 0.3) is 13.4 Å². The summed E-state index contributed by atoms with van der Waals surface area (Å²) in [5.41, 5.74) is -47.4. The van der Waals surface area contributed by atoms with Crippen LogP contribution in [0.2, 0.25) is 0 Å². The first-order chi connectivity index (χ1) is 63.3. The summed E-state index contributed by atoms with van der Waals surface area (Å²) >= 11 is 0. The van der Waals surface area contributed by atoms with Crippen LogP contribution in [-0.4, -0.2) is 25.4 Å². The smallest absolute Gasteiger partial charge is 0.416 e. The summed E-state index contributed by atoms with van der Waals surface area (Å²) in [7, 11) is 0. The topological polar surface area (TPSA) is 74.3 Å². The van der Waals surface area contributed by atoms with Crippen molar-refractivity contribution in [1.82, 2.24) is 0 Å². The minimum Gasteiger partial charge on any atom is -0.457 e. The highest BCUT2D eigenvalue weighted by Gasteiger charge is 2.53. The molecule has 0 saturated heterocycles. The molecule has 0 aromatic heterocycles. The number of alkyl halides is 36. The van der Waals surface area contributed by atoms with Crippen LogP contribution >= 0.6 is 0 Å². The molecule has 13 aromatic carbocycles. The average Bonchev–Trinajstić information content (AvgIpc) is 0.676. The van der Waals surface area contributed by atoms with Crippen molar-refractivity contribution in [2.75, 3.05) is 4.90 Å². The molecule has 0 unspecified atom stereocenters. The van der Waals surface area contributed by atoms with Crippen LogP contribution in [0.4, 0.5) is 175 Å². The van der Waals surface area contributed by atoms with Crippen molar-refractivity contribution in [2.24, 2.45) is 0 Å². The molecule has 13 aromatic rings. The second-order valence-corrected chi connectivity index (χ2v) is 31.4.